The van der Waals surface area contributed by atoms with Crippen molar-refractivity contribution in [2.75, 3.05) is 11.8 Å². The Kier molecular flexibility index (Phi) is 5.81. The Balaban J connectivity index is 1.71. The topological polar surface area (TPSA) is 163 Å². The maximum absolute atomic E-state index is 11.7. The van der Waals surface area contributed by atoms with Crippen LogP contribution in [0.3, 0.4) is 0 Å². The monoisotopic (exact) mass is 339 g/mol. The second-order valence-corrected chi connectivity index (χ2v) is 4.91. The van der Waals surface area contributed by atoms with Crippen LogP contribution in [0.2, 0.25) is 0 Å². The number of nitrogens with zero attached hydrogens (tertiary/aromatic N) is 5. The maximum atomic E-state index is 11.7. The highest BCUT2D eigenvalue weighted by Gasteiger charge is 2.06. The Hall–Kier alpha value is -2.99. The molecule has 0 aromatic carbocycles. The number of amides is 1. The molecule has 0 bridgehead atoms. The van der Waals surface area contributed by atoms with Gasteiger partial charge in [0.15, 0.2) is 0 Å². The molecule has 3 N–H and O–H groups in total. The van der Waals surface area contributed by atoms with Crippen LogP contribution >= 0.6 is 0 Å². The van der Waals surface area contributed by atoms with E-state index in [4.69, 9.17) is 5.21 Å². The summed E-state index contributed by atoms with van der Waals surface area (Å²) < 4.78 is 2.82. The van der Waals surface area contributed by atoms with Gasteiger partial charge in [-0.2, -0.15) is 0 Å². The van der Waals surface area contributed by atoms with Crippen LogP contribution in [0.5, 0.6) is 0 Å². The summed E-state index contributed by atoms with van der Waals surface area (Å²) in [6, 6.07) is 0. The summed E-state index contributed by atoms with van der Waals surface area (Å²) in [7, 11) is 0. The van der Waals surface area contributed by atoms with E-state index in [1.54, 1.807) is 6.20 Å². The van der Waals surface area contributed by atoms with Gasteiger partial charge in [-0.3, -0.25) is 14.9 Å². The van der Waals surface area contributed by atoms with E-state index in [0.717, 1.165) is 0 Å². The molecular weight excluding hydrogens is 322 g/mol. The molecular formula is C12H17N7O5-2. The van der Waals surface area contributed by atoms with Crippen LogP contribution < -0.4 is 21.1 Å². The van der Waals surface area contributed by atoms with Crippen LogP contribution in [0.15, 0.2) is 24.9 Å². The van der Waals surface area contributed by atoms with Crippen molar-refractivity contribution in [2.45, 2.75) is 25.9 Å². The molecule has 12 nitrogen and oxygen atoms in total. The fourth-order valence-corrected chi connectivity index (χ4v) is 2.15. The second kappa shape index (κ2) is 8.03. The number of nitrogens with one attached hydrogen (secondary N) is 2. The second-order valence-electron chi connectivity index (χ2n) is 4.91. The number of rotatable bonds is 8. The molecule has 2 aromatic rings. The molecule has 0 aliphatic heterocycles. The van der Waals surface area contributed by atoms with Gasteiger partial charge in [0.1, 0.15) is 5.82 Å². The quantitative estimate of drug-likeness (QED) is 0.523. The van der Waals surface area contributed by atoms with Crippen LogP contribution in [0.1, 0.15) is 12.8 Å². The molecule has 12 heteroatoms. The van der Waals surface area contributed by atoms with Gasteiger partial charge in [-0.15, -0.1) is 0 Å². The van der Waals surface area contributed by atoms with Gasteiger partial charge in [-0.1, -0.05) is 0 Å². The molecule has 0 aliphatic carbocycles. The van der Waals surface area contributed by atoms with Gasteiger partial charge in [0, 0.05) is 19.5 Å². The lowest BCUT2D eigenvalue weighted by atomic mass is 10.3. The average molecular weight is 339 g/mol. The summed E-state index contributed by atoms with van der Waals surface area (Å²) in [5.41, 5.74) is -0.130. The van der Waals surface area contributed by atoms with Crippen LogP contribution in [-0.4, -0.2) is 36.8 Å². The Morgan fingerprint density at radius 2 is 2.21 bits per heavy atom. The van der Waals surface area contributed by atoms with Crippen molar-refractivity contribution in [2.24, 2.45) is 0 Å². The van der Waals surface area contributed by atoms with Gasteiger partial charge in [-0.25, -0.2) is 14.5 Å². The third-order valence-corrected chi connectivity index (χ3v) is 3.28. The molecule has 2 heterocycles. The van der Waals surface area contributed by atoms with Crippen LogP contribution in [0.4, 0.5) is 5.82 Å². The minimum Gasteiger partial charge on any atom is -0.744 e. The molecule has 0 saturated heterocycles. The van der Waals surface area contributed by atoms with Gasteiger partial charge >= 0.3 is 5.62 Å². The minimum atomic E-state index is -0.525. The number of hydrogen-bond donors (Lipinski definition) is 3. The zero-order valence-corrected chi connectivity index (χ0v) is 12.7. The highest BCUT2D eigenvalue weighted by molar-refractivity contribution is 5.75. The van der Waals surface area contributed by atoms with Crippen LogP contribution in [-0.2, 0) is 17.9 Å². The number of H-pyrrole nitrogens is 1. The smallest absolute Gasteiger partial charge is 0.358 e. The zero-order valence-electron chi connectivity index (χ0n) is 12.7. The number of hydrogen-bond acceptors (Lipinski definition) is 7. The SMILES string of the molecule is O=C(CCCn1cc[nH]c1=[N+]([O-])[O-])NCCn1cncc1N([O-])O. The fourth-order valence-electron chi connectivity index (χ4n) is 2.15. The van der Waals surface area contributed by atoms with Gasteiger partial charge in [-0.05, 0) is 6.42 Å². The number of carbonyl (C=O) groups excluding carboxylic acids is 1. The van der Waals surface area contributed by atoms with Crippen molar-refractivity contribution < 1.29 is 10.0 Å². The molecule has 0 spiro atoms. The first-order valence-electron chi connectivity index (χ1n) is 7.13. The molecule has 132 valence electrons. The van der Waals surface area contributed by atoms with E-state index in [0.29, 0.717) is 13.0 Å². The molecule has 2 aromatic heterocycles. The summed E-state index contributed by atoms with van der Waals surface area (Å²) in [6.07, 6.45) is 6.22. The van der Waals surface area contributed by atoms with E-state index in [9.17, 15) is 20.4 Å². The Bertz CT molecular complexity index is 728. The zero-order chi connectivity index (χ0) is 17.5. The largest absolute Gasteiger partial charge is 0.744 e. The normalized spacial score (nSPS) is 10.6. The standard InChI is InChI=1S/C12H17N7O5/c20-10(2-1-5-16-6-4-15-12(16)19(23)24)14-3-7-17-9-13-8-11(17)18(21)22/h4,6,8-9,15,21H,1-3,5,7H2,(H-,14,20,23,24)/q-2. The molecule has 0 atom stereocenters. The first-order valence-corrected chi connectivity index (χ1v) is 7.13. The summed E-state index contributed by atoms with van der Waals surface area (Å²) in [6.45, 7) is 0.875. The van der Waals surface area contributed by atoms with Gasteiger partial charge in [0.25, 0.3) is 0 Å². The van der Waals surface area contributed by atoms with Gasteiger partial charge in [0.2, 0.25) is 5.91 Å². The number of anilines is 1. The minimum absolute atomic E-state index is 0.0274. The van der Waals surface area contributed by atoms with E-state index >= 15 is 0 Å². The van der Waals surface area contributed by atoms with Gasteiger partial charge in [0.05, 0.1) is 31.5 Å². The van der Waals surface area contributed by atoms with Crippen LogP contribution in [0, 0.1) is 15.6 Å². The Morgan fingerprint density at radius 3 is 2.92 bits per heavy atom. The third kappa shape index (κ3) is 4.50. The Labute approximate surface area is 136 Å². The summed E-state index contributed by atoms with van der Waals surface area (Å²) in [5.74, 6) is -0.237. The van der Waals surface area contributed by atoms with Crippen LogP contribution in [0.25, 0.3) is 0 Å². The van der Waals surface area contributed by atoms with Gasteiger partial charge < -0.3 is 30.7 Å². The lowest BCUT2D eigenvalue weighted by Crippen LogP contribution is -2.30. The van der Waals surface area contributed by atoms with E-state index in [-0.39, 0.29) is 42.1 Å². The van der Waals surface area contributed by atoms with E-state index < -0.39 is 4.90 Å². The van der Waals surface area contributed by atoms with Crippen molar-refractivity contribution >= 4 is 11.7 Å². The predicted octanol–water partition coefficient (Wildman–Crippen LogP) is -0.929. The van der Waals surface area contributed by atoms with Crippen molar-refractivity contribution in [1.29, 1.82) is 0 Å². The number of aromatic amines is 1. The number of aryl methyl sites for hydroxylation is 1. The summed E-state index contributed by atoms with van der Waals surface area (Å²) >= 11 is 0. The highest BCUT2D eigenvalue weighted by Crippen LogP contribution is 2.09. The summed E-state index contributed by atoms with van der Waals surface area (Å²) in [4.78, 5) is 17.4. The average Bonchev–Trinajstić information content (AvgIpc) is 3.16. The van der Waals surface area contributed by atoms with E-state index in [2.05, 4.69) is 15.3 Å². The number of carbonyl (C=O) groups is 1. The maximum Gasteiger partial charge on any atom is 0.358 e. The van der Waals surface area contributed by atoms with Crippen molar-refractivity contribution in [3.8, 4) is 0 Å². The first kappa shape index (κ1) is 17.4. The molecule has 0 saturated carbocycles. The fraction of sp³-hybridized carbons (Fsp3) is 0.417. The van der Waals surface area contributed by atoms with Crippen molar-refractivity contribution in [3.05, 3.63) is 46.2 Å². The number of aromatic nitrogens is 4. The molecule has 0 radical (unpaired) electrons. The first-order chi connectivity index (χ1) is 11.5. The predicted molar refractivity (Wildman–Crippen MR) is 82.9 cm³/mol. The van der Waals surface area contributed by atoms with Crippen molar-refractivity contribution in [1.82, 2.24) is 29.3 Å². The Morgan fingerprint density at radius 1 is 1.42 bits per heavy atom. The van der Waals surface area contributed by atoms with Crippen molar-refractivity contribution in [3.63, 3.8) is 0 Å². The molecule has 24 heavy (non-hydrogen) atoms. The third-order valence-electron chi connectivity index (χ3n) is 3.28. The molecule has 0 fully saturated rings. The molecule has 0 unspecified atom stereocenters. The molecule has 1 amide bonds. The highest BCUT2D eigenvalue weighted by atomic mass is 16.8. The van der Waals surface area contributed by atoms with E-state index in [1.807, 2.05) is 0 Å². The lowest BCUT2D eigenvalue weighted by molar-refractivity contribution is -0.121. The lowest BCUT2D eigenvalue weighted by Gasteiger charge is -2.22. The summed E-state index contributed by atoms with van der Waals surface area (Å²) in [5, 5.41) is 43.5. The number of imidazole rings is 2. The molecule has 0 aliphatic rings. The molecule has 2 rings (SSSR count). The van der Waals surface area contributed by atoms with E-state index in [1.165, 1.54) is 27.9 Å².